The van der Waals surface area contributed by atoms with Crippen molar-refractivity contribution in [3.63, 3.8) is 0 Å². The van der Waals surface area contributed by atoms with Crippen LogP contribution >= 0.6 is 23.1 Å². The fourth-order valence-corrected chi connectivity index (χ4v) is 4.46. The number of anilines is 1. The summed E-state index contributed by atoms with van der Waals surface area (Å²) in [5, 5.41) is 15.0. The predicted octanol–water partition coefficient (Wildman–Crippen LogP) is 4.75. The van der Waals surface area contributed by atoms with Crippen molar-refractivity contribution in [3.05, 3.63) is 64.7 Å². The second kappa shape index (κ2) is 9.32. The molecule has 1 amide bonds. The van der Waals surface area contributed by atoms with E-state index in [4.69, 9.17) is 4.74 Å². The van der Waals surface area contributed by atoms with Gasteiger partial charge >= 0.3 is 0 Å². The highest BCUT2D eigenvalue weighted by atomic mass is 32.2. The first-order chi connectivity index (χ1) is 15.0. The summed E-state index contributed by atoms with van der Waals surface area (Å²) < 4.78 is 7.14. The normalized spacial score (nSPS) is 10.8. The third-order valence-electron chi connectivity index (χ3n) is 4.52. The van der Waals surface area contributed by atoms with Crippen LogP contribution in [0.15, 0.2) is 59.1 Å². The number of carbonyl (C=O) groups excluding carboxylic acids is 1. The van der Waals surface area contributed by atoms with E-state index < -0.39 is 0 Å². The minimum atomic E-state index is -0.112. The van der Waals surface area contributed by atoms with Gasteiger partial charge in [0.05, 0.1) is 23.6 Å². The van der Waals surface area contributed by atoms with Gasteiger partial charge in [-0.15, -0.1) is 21.5 Å². The summed E-state index contributed by atoms with van der Waals surface area (Å²) in [4.78, 5) is 17.1. The number of hydrogen-bond donors (Lipinski definition) is 1. The lowest BCUT2D eigenvalue weighted by Crippen LogP contribution is -2.14. The molecular weight excluding hydrogens is 430 g/mol. The van der Waals surface area contributed by atoms with Crippen molar-refractivity contribution in [2.24, 2.45) is 0 Å². The Morgan fingerprint density at radius 1 is 1.16 bits per heavy atom. The summed E-state index contributed by atoms with van der Waals surface area (Å²) in [5.41, 5.74) is 3.54. The minimum absolute atomic E-state index is 0.112. The number of aromatic nitrogens is 4. The number of thioether (sulfide) groups is 1. The van der Waals surface area contributed by atoms with Crippen molar-refractivity contribution >= 4 is 34.7 Å². The van der Waals surface area contributed by atoms with Crippen LogP contribution in [-0.2, 0) is 4.79 Å². The Bertz CT molecular complexity index is 1200. The topological polar surface area (TPSA) is 81.9 Å². The summed E-state index contributed by atoms with van der Waals surface area (Å²) in [5.74, 6) is 1.63. The Morgan fingerprint density at radius 3 is 2.68 bits per heavy atom. The number of amides is 1. The highest BCUT2D eigenvalue weighted by molar-refractivity contribution is 7.99. The summed E-state index contributed by atoms with van der Waals surface area (Å²) in [6.45, 7) is 3.86. The van der Waals surface area contributed by atoms with E-state index in [1.807, 2.05) is 72.3 Å². The predicted molar refractivity (Wildman–Crippen MR) is 124 cm³/mol. The Morgan fingerprint density at radius 2 is 1.97 bits per heavy atom. The maximum absolute atomic E-state index is 12.6. The molecule has 0 atom stereocenters. The molecule has 2 heterocycles. The van der Waals surface area contributed by atoms with Crippen molar-refractivity contribution < 1.29 is 9.53 Å². The van der Waals surface area contributed by atoms with Crippen molar-refractivity contribution in [3.8, 4) is 22.7 Å². The summed E-state index contributed by atoms with van der Waals surface area (Å²) in [6.07, 6.45) is 0. The molecule has 0 aliphatic heterocycles. The summed E-state index contributed by atoms with van der Waals surface area (Å²) in [7, 11) is 1.63. The van der Waals surface area contributed by atoms with Crippen LogP contribution in [0, 0.1) is 13.8 Å². The van der Waals surface area contributed by atoms with E-state index in [1.54, 1.807) is 18.4 Å². The van der Waals surface area contributed by atoms with Crippen LogP contribution in [0.4, 0.5) is 5.69 Å². The van der Waals surface area contributed by atoms with E-state index in [0.29, 0.717) is 5.16 Å². The zero-order valence-corrected chi connectivity index (χ0v) is 19.0. The lowest BCUT2D eigenvalue weighted by atomic mass is 10.1. The summed E-state index contributed by atoms with van der Waals surface area (Å²) in [6, 6.07) is 15.3. The number of rotatable bonds is 7. The molecule has 0 saturated carbocycles. The molecule has 0 aliphatic carbocycles. The highest BCUT2D eigenvalue weighted by Gasteiger charge is 2.14. The highest BCUT2D eigenvalue weighted by Crippen LogP contribution is 2.26. The van der Waals surface area contributed by atoms with Gasteiger partial charge in [0.1, 0.15) is 11.6 Å². The number of nitrogens with one attached hydrogen (secondary N) is 1. The van der Waals surface area contributed by atoms with E-state index >= 15 is 0 Å². The first-order valence-electron chi connectivity index (χ1n) is 9.55. The monoisotopic (exact) mass is 451 g/mol. The standard InChI is InChI=1S/C22H21N5O2S2/c1-14-25-26-22(27(14)18-7-9-19(29-3)10-8-18)31-13-21(28)24-17-6-4-5-16(11-17)20-12-30-15(2)23-20/h4-12H,13H2,1-3H3,(H,24,28). The number of hydrogen-bond acceptors (Lipinski definition) is 7. The molecule has 4 rings (SSSR count). The maximum atomic E-state index is 12.6. The fourth-order valence-electron chi connectivity index (χ4n) is 3.04. The van der Waals surface area contributed by atoms with Gasteiger partial charge in [0, 0.05) is 22.3 Å². The van der Waals surface area contributed by atoms with Crippen LogP contribution in [0.3, 0.4) is 0 Å². The van der Waals surface area contributed by atoms with Gasteiger partial charge in [0.2, 0.25) is 5.91 Å². The van der Waals surface area contributed by atoms with E-state index in [1.165, 1.54) is 11.8 Å². The van der Waals surface area contributed by atoms with Crippen molar-refractivity contribution in [2.75, 3.05) is 18.2 Å². The van der Waals surface area contributed by atoms with Gasteiger partial charge in [-0.05, 0) is 50.2 Å². The molecule has 7 nitrogen and oxygen atoms in total. The zero-order valence-electron chi connectivity index (χ0n) is 17.3. The number of benzene rings is 2. The van der Waals surface area contributed by atoms with Crippen LogP contribution in [0.1, 0.15) is 10.8 Å². The van der Waals surface area contributed by atoms with Gasteiger partial charge in [0.15, 0.2) is 5.16 Å². The van der Waals surface area contributed by atoms with Gasteiger partial charge in [-0.2, -0.15) is 0 Å². The molecule has 9 heteroatoms. The van der Waals surface area contributed by atoms with Crippen molar-refractivity contribution in [1.29, 1.82) is 0 Å². The first-order valence-corrected chi connectivity index (χ1v) is 11.4. The van der Waals surface area contributed by atoms with Crippen LogP contribution in [0.2, 0.25) is 0 Å². The molecule has 0 fully saturated rings. The lowest BCUT2D eigenvalue weighted by Gasteiger charge is -2.10. The van der Waals surface area contributed by atoms with Gasteiger partial charge < -0.3 is 10.1 Å². The quantitative estimate of drug-likeness (QED) is 0.409. The molecule has 31 heavy (non-hydrogen) atoms. The molecule has 4 aromatic rings. The van der Waals surface area contributed by atoms with Gasteiger partial charge in [-0.1, -0.05) is 23.9 Å². The number of nitrogens with zero attached hydrogens (tertiary/aromatic N) is 4. The van der Waals surface area contributed by atoms with E-state index in [-0.39, 0.29) is 11.7 Å². The molecular formula is C22H21N5O2S2. The second-order valence-electron chi connectivity index (χ2n) is 6.73. The second-order valence-corrected chi connectivity index (χ2v) is 8.74. The zero-order chi connectivity index (χ0) is 21.8. The van der Waals surface area contributed by atoms with Crippen molar-refractivity contribution in [1.82, 2.24) is 19.7 Å². The molecule has 158 valence electrons. The third kappa shape index (κ3) is 4.95. The first kappa shape index (κ1) is 21.1. The van der Waals surface area contributed by atoms with Gasteiger partial charge in [-0.25, -0.2) is 4.98 Å². The van der Waals surface area contributed by atoms with Crippen LogP contribution in [0.25, 0.3) is 16.9 Å². The van der Waals surface area contributed by atoms with Gasteiger partial charge in [-0.3, -0.25) is 9.36 Å². The lowest BCUT2D eigenvalue weighted by molar-refractivity contribution is -0.113. The molecule has 0 spiro atoms. The SMILES string of the molecule is COc1ccc(-n2c(C)nnc2SCC(=O)Nc2cccc(-c3csc(C)n3)c2)cc1. The van der Waals surface area contributed by atoms with E-state index in [0.717, 1.165) is 39.2 Å². The molecule has 0 bridgehead atoms. The Kier molecular flexibility index (Phi) is 6.34. The number of aryl methyl sites for hydroxylation is 2. The summed E-state index contributed by atoms with van der Waals surface area (Å²) >= 11 is 2.94. The molecule has 2 aromatic carbocycles. The largest absolute Gasteiger partial charge is 0.497 e. The molecule has 0 radical (unpaired) electrons. The molecule has 1 N–H and O–H groups in total. The number of thiazole rings is 1. The molecule has 0 aliphatic rings. The third-order valence-corrected chi connectivity index (χ3v) is 6.22. The Labute approximate surface area is 188 Å². The molecule has 2 aromatic heterocycles. The molecule has 0 saturated heterocycles. The minimum Gasteiger partial charge on any atom is -0.497 e. The Balaban J connectivity index is 1.43. The van der Waals surface area contributed by atoms with Gasteiger partial charge in [0.25, 0.3) is 0 Å². The molecule has 0 unspecified atom stereocenters. The van der Waals surface area contributed by atoms with Crippen molar-refractivity contribution in [2.45, 2.75) is 19.0 Å². The van der Waals surface area contributed by atoms with E-state index in [9.17, 15) is 4.79 Å². The number of ether oxygens (including phenoxy) is 1. The fraction of sp³-hybridized carbons (Fsp3) is 0.182. The number of methoxy groups -OCH3 is 1. The average Bonchev–Trinajstić information content (AvgIpc) is 3.38. The van der Waals surface area contributed by atoms with E-state index in [2.05, 4.69) is 20.5 Å². The maximum Gasteiger partial charge on any atom is 0.234 e. The van der Waals surface area contributed by atoms with Crippen LogP contribution in [-0.4, -0.2) is 38.5 Å². The smallest absolute Gasteiger partial charge is 0.234 e. The van der Waals surface area contributed by atoms with Crippen LogP contribution in [0.5, 0.6) is 5.75 Å². The average molecular weight is 452 g/mol. The Hall–Kier alpha value is -3.17. The van der Waals surface area contributed by atoms with Crippen LogP contribution < -0.4 is 10.1 Å². The number of carbonyl (C=O) groups is 1.